The molecule has 22 nitrogen and oxygen atoms in total. The van der Waals surface area contributed by atoms with Gasteiger partial charge in [0, 0.05) is 262 Å². The van der Waals surface area contributed by atoms with E-state index < -0.39 is 0 Å². The Balaban J connectivity index is 0.000000124. The molecule has 4 aliphatic rings. The summed E-state index contributed by atoms with van der Waals surface area (Å²) in [6.07, 6.45) is 13.1. The van der Waals surface area contributed by atoms with Crippen LogP contribution in [-0.4, -0.2) is 177 Å². The Morgan fingerprint density at radius 3 is 0.953 bits per heavy atom. The third-order valence-corrected chi connectivity index (χ3v) is 28.5. The second-order valence-corrected chi connectivity index (χ2v) is 39.4. The Hall–Kier alpha value is -14.8. The van der Waals surface area contributed by atoms with Gasteiger partial charge < -0.3 is 60.5 Å². The van der Waals surface area contributed by atoms with E-state index in [1.165, 1.54) is 34.6 Å². The standard InChI is InChI=1S/C32H31ClN6.C32H30ClN5.C28H30ClFN6.C28H29ClFN5/c1-23-20-27(37-32(35-23)39-18-16-38(17-19-39)28-8-3-2-4-9-28)12-10-24-6-5-7-26(21-24)36-30-14-15-34-31-22-25(33)11-13-29(30)31;33-25-13-15-29-30(16-17-34-31(29)23-25)35-27-8-4-6-24(22-27)12-14-26-7-5-11-32(36-26)38-20-18-37(19-21-38)28-9-2-1-3-10-28;1-3-35-12-14-36(15-13-35)28-32-19(2)16-22(34-28)6-4-20-17-23(7-9-25(20)30)33-26-10-11-31-27-18-21(29)5-8-24(26)27;1-2-34-14-16-35(17-15-34)28-5-3-4-22(33-28)8-6-20-18-23(9-11-25(20)30)32-26-12-13-31-27-19-21(29)7-10-24(26)27/h2-9,11,13-15,20-22H,10,12,16-19H2,1H3,(H,34,36);1-11,13,15-17,22-23H,12,14,18-21H2,(H,34,35);5,7-11,16-18H,3-4,6,12-15H2,1-2H3,(H,31,33);3-5,7,9-13,18-19H,2,6,8,14-17H2,1H3,(H,31,32). The first-order chi connectivity index (χ1) is 72.4. The van der Waals surface area contributed by atoms with Crippen LogP contribution in [0.2, 0.25) is 20.1 Å². The summed E-state index contributed by atoms with van der Waals surface area (Å²) in [4.78, 5) is 65.9. The normalized spacial score (nSPS) is 14.0. The lowest BCUT2D eigenvalue weighted by Gasteiger charge is -2.36. The minimum atomic E-state index is -0.214. The van der Waals surface area contributed by atoms with Crippen LogP contribution in [0.4, 0.5) is 89.2 Å². The topological polar surface area (TPSA) is 203 Å². The van der Waals surface area contributed by atoms with Crippen molar-refractivity contribution in [2.75, 3.05) is 168 Å². The Morgan fingerprint density at radius 2 is 0.581 bits per heavy atom. The van der Waals surface area contributed by atoms with Gasteiger partial charge in [-0.25, -0.2) is 38.7 Å². The molecule has 10 aromatic carbocycles. The van der Waals surface area contributed by atoms with E-state index in [2.05, 4.69) is 252 Å². The van der Waals surface area contributed by atoms with Gasteiger partial charge in [0.25, 0.3) is 0 Å². The summed E-state index contributed by atoms with van der Waals surface area (Å²) in [5.41, 5.74) is 23.5. The number of halogens is 6. The monoisotopic (exact) mass is 2050 g/mol. The van der Waals surface area contributed by atoms with Gasteiger partial charge in [-0.1, -0.05) is 133 Å². The van der Waals surface area contributed by atoms with Crippen molar-refractivity contribution >= 4 is 170 Å². The van der Waals surface area contributed by atoms with E-state index in [0.29, 0.717) is 56.9 Å². The lowest BCUT2D eigenvalue weighted by Crippen LogP contribution is -2.47. The number of para-hydroxylation sites is 2. The lowest BCUT2D eigenvalue weighted by atomic mass is 10.1. The van der Waals surface area contributed by atoms with Crippen LogP contribution in [0.3, 0.4) is 0 Å². The fraction of sp³-hybridized carbons (Fsp3) is 0.250. The Bertz CT molecular complexity index is 7580. The van der Waals surface area contributed by atoms with Crippen LogP contribution in [0.25, 0.3) is 43.6 Å². The first kappa shape index (κ1) is 102. The van der Waals surface area contributed by atoms with Crippen LogP contribution < -0.4 is 50.7 Å². The molecule has 4 saturated heterocycles. The van der Waals surface area contributed by atoms with Gasteiger partial charge >= 0.3 is 0 Å². The number of likely N-dealkylation sites (N-methyl/N-ethyl adjacent to an activating group) is 2. The van der Waals surface area contributed by atoms with Gasteiger partial charge in [0.05, 0.1) is 22.1 Å². The quantitative estimate of drug-likeness (QED) is 0.0360. The fourth-order valence-electron chi connectivity index (χ4n) is 19.4. The number of rotatable bonds is 28. The van der Waals surface area contributed by atoms with Crippen LogP contribution in [0.15, 0.2) is 316 Å². The van der Waals surface area contributed by atoms with Crippen LogP contribution in [0.5, 0.6) is 0 Å². The van der Waals surface area contributed by atoms with Gasteiger partial charge in [-0.3, -0.25) is 19.9 Å². The molecule has 8 aromatic heterocycles. The highest BCUT2D eigenvalue weighted by Crippen LogP contribution is 2.36. The molecule has 0 atom stereocenters. The maximum Gasteiger partial charge on any atom is 0.225 e. The summed E-state index contributed by atoms with van der Waals surface area (Å²) in [6.45, 7) is 26.4. The number of hydrogen-bond donors (Lipinski definition) is 4. The highest BCUT2D eigenvalue weighted by molar-refractivity contribution is 6.32. The first-order valence-corrected chi connectivity index (χ1v) is 52.6. The van der Waals surface area contributed by atoms with Crippen molar-refractivity contribution in [3.05, 3.63) is 404 Å². The molecule has 0 spiro atoms. The third kappa shape index (κ3) is 27.0. The molecular weight excluding hydrogens is 1930 g/mol. The maximum atomic E-state index is 14.7. The number of pyridine rings is 6. The molecule has 22 rings (SSSR count). The lowest BCUT2D eigenvalue weighted by molar-refractivity contribution is 0.270. The van der Waals surface area contributed by atoms with Crippen molar-refractivity contribution in [2.45, 2.75) is 79.1 Å². The first-order valence-electron chi connectivity index (χ1n) is 51.0. The molecule has 18 aromatic rings. The molecule has 0 aliphatic carbocycles. The second kappa shape index (κ2) is 49.2. The van der Waals surface area contributed by atoms with Crippen molar-refractivity contribution in [3.63, 3.8) is 0 Å². The molecule has 28 heteroatoms. The van der Waals surface area contributed by atoms with E-state index in [-0.39, 0.29) is 11.6 Å². The number of nitrogens with zero attached hydrogens (tertiary/aromatic N) is 18. The molecule has 4 aliphatic heterocycles. The summed E-state index contributed by atoms with van der Waals surface area (Å²) in [5, 5.41) is 20.6. The molecule has 0 bridgehead atoms. The fourth-order valence-corrected chi connectivity index (χ4v) is 20.1. The molecule has 752 valence electrons. The van der Waals surface area contributed by atoms with Crippen molar-refractivity contribution in [2.24, 2.45) is 0 Å². The van der Waals surface area contributed by atoms with Crippen LogP contribution in [-0.2, 0) is 51.4 Å². The number of fused-ring (bicyclic) bond motifs is 4. The van der Waals surface area contributed by atoms with E-state index in [4.69, 9.17) is 71.3 Å². The van der Waals surface area contributed by atoms with Crippen LogP contribution in [0.1, 0.15) is 70.3 Å². The highest BCUT2D eigenvalue weighted by Gasteiger charge is 2.26. The van der Waals surface area contributed by atoms with E-state index in [9.17, 15) is 8.78 Å². The molecule has 12 heterocycles. The molecular formula is C120H120Cl4F2N22. The van der Waals surface area contributed by atoms with Gasteiger partial charge in [0.2, 0.25) is 11.9 Å². The van der Waals surface area contributed by atoms with E-state index in [1.807, 2.05) is 134 Å². The summed E-state index contributed by atoms with van der Waals surface area (Å²) in [7, 11) is 0. The molecule has 0 saturated carbocycles. The van der Waals surface area contributed by atoms with Crippen molar-refractivity contribution in [3.8, 4) is 0 Å². The van der Waals surface area contributed by atoms with E-state index in [0.717, 1.165) is 290 Å². The minimum absolute atomic E-state index is 0.200. The van der Waals surface area contributed by atoms with Gasteiger partial charge in [0.15, 0.2) is 0 Å². The van der Waals surface area contributed by atoms with Crippen LogP contribution >= 0.6 is 46.4 Å². The zero-order valence-corrected chi connectivity index (χ0v) is 86.7. The minimum Gasteiger partial charge on any atom is -0.368 e. The second-order valence-electron chi connectivity index (χ2n) is 37.6. The number of aryl methyl sites for hydroxylation is 10. The zero-order chi connectivity index (χ0) is 102. The Morgan fingerprint density at radius 1 is 0.264 bits per heavy atom. The predicted molar refractivity (Wildman–Crippen MR) is 608 cm³/mol. The summed E-state index contributed by atoms with van der Waals surface area (Å²) in [6, 6.07) is 96.1. The number of anilines is 14. The average Bonchev–Trinajstić information content (AvgIpc) is 0.809. The maximum absolute atomic E-state index is 14.7. The number of hydrogen-bond acceptors (Lipinski definition) is 22. The van der Waals surface area contributed by atoms with Gasteiger partial charge in [0.1, 0.15) is 23.3 Å². The van der Waals surface area contributed by atoms with Crippen molar-refractivity contribution in [1.29, 1.82) is 0 Å². The summed E-state index contributed by atoms with van der Waals surface area (Å²) in [5.74, 6) is 3.30. The molecule has 0 radical (unpaired) electrons. The SMILES string of the molecule is CCN1CCN(c2cccc(CCc3cc(Nc4ccnc5cc(Cl)ccc45)ccc3F)n2)CC1.CCN1CCN(c2nc(C)cc(CCc3cc(Nc4ccnc5cc(Cl)ccc45)ccc3F)n2)CC1.Cc1cc(CCc2cccc(Nc3ccnc4cc(Cl)ccc34)c2)nc(N2CCN(c3ccccc3)CC2)n1.Clc1ccc2c(Nc3cccc(CCc4cccc(N5CCN(c6ccccc6)CC5)n4)c3)ccnc2c1. The average molecular weight is 2050 g/mol. The van der Waals surface area contributed by atoms with Gasteiger partial charge in [-0.2, -0.15) is 0 Å². The van der Waals surface area contributed by atoms with E-state index in [1.54, 1.807) is 30.7 Å². The van der Waals surface area contributed by atoms with Crippen molar-refractivity contribution in [1.82, 2.24) is 59.6 Å². The van der Waals surface area contributed by atoms with Gasteiger partial charge in [-0.15, -0.1) is 0 Å². The van der Waals surface area contributed by atoms with E-state index >= 15 is 0 Å². The molecule has 4 fully saturated rings. The van der Waals surface area contributed by atoms with Crippen LogP contribution in [0, 0.1) is 25.5 Å². The van der Waals surface area contributed by atoms with Crippen molar-refractivity contribution < 1.29 is 8.78 Å². The molecule has 0 unspecified atom stereocenters. The zero-order valence-electron chi connectivity index (χ0n) is 83.7. The summed E-state index contributed by atoms with van der Waals surface area (Å²) < 4.78 is 29.4. The molecule has 148 heavy (non-hydrogen) atoms. The number of aromatic nitrogens is 10. The number of piperazine rings is 4. The predicted octanol–water partition coefficient (Wildman–Crippen LogP) is 25.9. The summed E-state index contributed by atoms with van der Waals surface area (Å²) >= 11 is 24.5. The number of nitrogens with one attached hydrogen (secondary N) is 4. The smallest absolute Gasteiger partial charge is 0.225 e. The number of benzene rings is 10. The Kier molecular flexibility index (Phi) is 33.8. The third-order valence-electron chi connectivity index (χ3n) is 27.6. The molecule has 0 amide bonds. The van der Waals surface area contributed by atoms with Gasteiger partial charge in [-0.05, 0) is 319 Å². The molecule has 4 N–H and O–H groups in total. The Labute approximate surface area is 884 Å². The largest absolute Gasteiger partial charge is 0.368 e. The highest BCUT2D eigenvalue weighted by atomic mass is 35.5.